The maximum absolute atomic E-state index is 13.2. The molecule has 3 amide bonds. The number of ether oxygens (including phenoxy) is 1. The van der Waals surface area contributed by atoms with Gasteiger partial charge in [-0.05, 0) is 35.7 Å². The minimum Gasteiger partial charge on any atom is -0.508 e. The lowest BCUT2D eigenvalue weighted by molar-refractivity contribution is -0.145. The zero-order valence-corrected chi connectivity index (χ0v) is 17.5. The molecule has 1 heterocycles. The van der Waals surface area contributed by atoms with Crippen LogP contribution in [0, 0.1) is 5.92 Å². The number of hydrogen-bond donors (Lipinski definition) is 2. The van der Waals surface area contributed by atoms with Crippen molar-refractivity contribution in [2.24, 2.45) is 5.92 Å². The Bertz CT molecular complexity index is 980. The van der Waals surface area contributed by atoms with Crippen molar-refractivity contribution in [3.05, 3.63) is 65.2 Å². The topological polar surface area (TPSA) is 113 Å². The van der Waals surface area contributed by atoms with E-state index in [1.54, 1.807) is 50.2 Å². The number of hydrogen-bond acceptors (Lipinski definition) is 6. The average Bonchev–Trinajstić information content (AvgIpc) is 2.99. The Labute approximate surface area is 179 Å². The summed E-state index contributed by atoms with van der Waals surface area (Å²) >= 11 is 0. The predicted octanol–water partition coefficient (Wildman–Crippen LogP) is 1.91. The Morgan fingerprint density at radius 2 is 1.55 bits per heavy atom. The van der Waals surface area contributed by atoms with Crippen molar-refractivity contribution >= 4 is 23.7 Å². The first kappa shape index (κ1) is 22.0. The van der Waals surface area contributed by atoms with Crippen molar-refractivity contribution in [1.29, 1.82) is 0 Å². The highest BCUT2D eigenvalue weighted by molar-refractivity contribution is 6.22. The highest BCUT2D eigenvalue weighted by Gasteiger charge is 2.44. The van der Waals surface area contributed by atoms with Crippen LogP contribution in [-0.4, -0.2) is 52.9 Å². The number of phenols is 1. The van der Waals surface area contributed by atoms with Gasteiger partial charge < -0.3 is 15.2 Å². The van der Waals surface area contributed by atoms with Gasteiger partial charge in [-0.3, -0.25) is 19.3 Å². The van der Waals surface area contributed by atoms with Gasteiger partial charge in [-0.2, -0.15) is 0 Å². The van der Waals surface area contributed by atoms with Gasteiger partial charge in [0.2, 0.25) is 5.91 Å². The minimum atomic E-state index is -1.10. The van der Waals surface area contributed by atoms with Crippen molar-refractivity contribution < 1.29 is 29.0 Å². The van der Waals surface area contributed by atoms with Crippen molar-refractivity contribution in [1.82, 2.24) is 10.2 Å². The number of amides is 3. The van der Waals surface area contributed by atoms with Crippen LogP contribution in [-0.2, 0) is 20.7 Å². The molecule has 0 spiro atoms. The smallest absolute Gasteiger partial charge is 0.328 e. The molecule has 31 heavy (non-hydrogen) atoms. The van der Waals surface area contributed by atoms with Crippen LogP contribution < -0.4 is 5.32 Å². The van der Waals surface area contributed by atoms with E-state index in [2.05, 4.69) is 5.32 Å². The number of nitrogens with one attached hydrogen (secondary N) is 1. The summed E-state index contributed by atoms with van der Waals surface area (Å²) in [5, 5.41) is 12.1. The van der Waals surface area contributed by atoms with Gasteiger partial charge in [0.25, 0.3) is 11.8 Å². The molecule has 3 rings (SSSR count). The van der Waals surface area contributed by atoms with E-state index in [1.165, 1.54) is 19.2 Å². The van der Waals surface area contributed by atoms with Gasteiger partial charge in [0.05, 0.1) is 18.2 Å². The third-order valence-corrected chi connectivity index (χ3v) is 5.18. The second-order valence-electron chi connectivity index (χ2n) is 7.67. The van der Waals surface area contributed by atoms with E-state index in [9.17, 15) is 24.3 Å². The number of benzene rings is 2. The Morgan fingerprint density at radius 1 is 1.00 bits per heavy atom. The van der Waals surface area contributed by atoms with Gasteiger partial charge in [0, 0.05) is 6.42 Å². The van der Waals surface area contributed by atoms with Gasteiger partial charge in [-0.15, -0.1) is 0 Å². The quantitative estimate of drug-likeness (QED) is 0.519. The number of esters is 1. The molecule has 1 aliphatic rings. The van der Waals surface area contributed by atoms with Gasteiger partial charge in [-0.25, -0.2) is 4.79 Å². The Kier molecular flexibility index (Phi) is 6.39. The number of carbonyl (C=O) groups excluding carboxylic acids is 4. The summed E-state index contributed by atoms with van der Waals surface area (Å²) in [7, 11) is 1.21. The van der Waals surface area contributed by atoms with Crippen LogP contribution in [0.15, 0.2) is 48.5 Å². The summed E-state index contributed by atoms with van der Waals surface area (Å²) in [5.41, 5.74) is 1.19. The number of fused-ring (bicyclic) bond motifs is 1. The summed E-state index contributed by atoms with van der Waals surface area (Å²) < 4.78 is 4.82. The molecule has 2 N–H and O–H groups in total. The molecule has 2 aromatic carbocycles. The summed E-state index contributed by atoms with van der Waals surface area (Å²) in [6, 6.07) is 10.5. The molecule has 2 unspecified atom stereocenters. The van der Waals surface area contributed by atoms with Crippen molar-refractivity contribution in [2.45, 2.75) is 32.4 Å². The number of phenolic OH excluding ortho intramolecular Hbond substituents is 1. The maximum atomic E-state index is 13.2. The molecule has 8 nitrogen and oxygen atoms in total. The third kappa shape index (κ3) is 4.42. The highest BCUT2D eigenvalue weighted by atomic mass is 16.5. The summed E-state index contributed by atoms with van der Waals surface area (Å²) in [6.45, 7) is 3.45. The van der Waals surface area contributed by atoms with Crippen LogP contribution in [0.5, 0.6) is 5.75 Å². The third-order valence-electron chi connectivity index (χ3n) is 5.18. The van der Waals surface area contributed by atoms with Crippen molar-refractivity contribution in [3.8, 4) is 5.75 Å². The van der Waals surface area contributed by atoms with E-state index in [4.69, 9.17) is 4.74 Å². The van der Waals surface area contributed by atoms with E-state index in [0.29, 0.717) is 5.56 Å². The molecule has 0 saturated heterocycles. The number of carbonyl (C=O) groups is 4. The summed E-state index contributed by atoms with van der Waals surface area (Å²) in [6.07, 6.45) is 0.117. The molecule has 0 fully saturated rings. The van der Waals surface area contributed by atoms with E-state index in [-0.39, 0.29) is 23.3 Å². The largest absolute Gasteiger partial charge is 0.508 e. The first-order chi connectivity index (χ1) is 14.7. The van der Waals surface area contributed by atoms with Crippen LogP contribution in [0.1, 0.15) is 40.1 Å². The van der Waals surface area contributed by atoms with Crippen LogP contribution in [0.25, 0.3) is 0 Å². The van der Waals surface area contributed by atoms with E-state index in [1.807, 2.05) is 0 Å². The molecule has 0 radical (unpaired) electrons. The lowest BCUT2D eigenvalue weighted by atomic mass is 10.00. The summed E-state index contributed by atoms with van der Waals surface area (Å²) in [4.78, 5) is 52.2. The van der Waals surface area contributed by atoms with Crippen LogP contribution in [0.3, 0.4) is 0 Å². The number of aromatic hydroxyl groups is 1. The van der Waals surface area contributed by atoms with E-state index < -0.39 is 41.7 Å². The summed E-state index contributed by atoms with van der Waals surface area (Å²) in [5.74, 6) is -2.68. The second-order valence-corrected chi connectivity index (χ2v) is 7.67. The van der Waals surface area contributed by atoms with Gasteiger partial charge in [0.1, 0.15) is 17.8 Å². The van der Waals surface area contributed by atoms with Gasteiger partial charge >= 0.3 is 5.97 Å². The lowest BCUT2D eigenvalue weighted by Gasteiger charge is -2.29. The molecular weight excluding hydrogens is 400 g/mol. The zero-order valence-electron chi connectivity index (χ0n) is 17.5. The Morgan fingerprint density at radius 3 is 2.03 bits per heavy atom. The monoisotopic (exact) mass is 424 g/mol. The molecule has 0 bridgehead atoms. The van der Waals surface area contributed by atoms with E-state index in [0.717, 1.165) is 4.90 Å². The molecule has 162 valence electrons. The van der Waals surface area contributed by atoms with Crippen LogP contribution >= 0.6 is 0 Å². The first-order valence-electron chi connectivity index (χ1n) is 9.87. The molecular formula is C23H24N2O6. The van der Waals surface area contributed by atoms with Gasteiger partial charge in [0.15, 0.2) is 0 Å². The maximum Gasteiger partial charge on any atom is 0.328 e. The number of nitrogens with zero attached hydrogens (tertiary/aromatic N) is 1. The van der Waals surface area contributed by atoms with Crippen LogP contribution in [0.2, 0.25) is 0 Å². The molecule has 1 aliphatic heterocycles. The molecule has 0 saturated carbocycles. The molecule has 8 heteroatoms. The Hall–Kier alpha value is -3.68. The number of methoxy groups -OCH3 is 1. The molecule has 2 aromatic rings. The fourth-order valence-corrected chi connectivity index (χ4v) is 3.64. The van der Waals surface area contributed by atoms with E-state index >= 15 is 0 Å². The zero-order chi connectivity index (χ0) is 22.7. The predicted molar refractivity (Wildman–Crippen MR) is 111 cm³/mol. The molecule has 0 aliphatic carbocycles. The lowest BCUT2D eigenvalue weighted by Crippen LogP contribution is -2.56. The highest BCUT2D eigenvalue weighted by Crippen LogP contribution is 2.27. The first-order valence-corrected chi connectivity index (χ1v) is 9.87. The second kappa shape index (κ2) is 8.99. The molecule has 2 atom stereocenters. The van der Waals surface area contributed by atoms with Crippen molar-refractivity contribution in [2.75, 3.05) is 7.11 Å². The fraction of sp³-hybridized carbons (Fsp3) is 0.304. The SMILES string of the molecule is COC(=O)C(Cc1ccc(O)cc1)NC(=O)C(C(C)C)N1C(=O)c2ccccc2C1=O. The van der Waals surface area contributed by atoms with Crippen molar-refractivity contribution in [3.63, 3.8) is 0 Å². The Balaban J connectivity index is 1.85. The number of rotatable bonds is 7. The normalized spacial score (nSPS) is 14.9. The van der Waals surface area contributed by atoms with Gasteiger partial charge in [-0.1, -0.05) is 38.1 Å². The minimum absolute atomic E-state index is 0.0768. The van der Waals surface area contributed by atoms with Crippen LogP contribution in [0.4, 0.5) is 0 Å². The average molecular weight is 424 g/mol. The fourth-order valence-electron chi connectivity index (χ4n) is 3.64. The molecule has 0 aromatic heterocycles. The standard InChI is InChI=1S/C23H24N2O6/c1-13(2)19(25-21(28)16-6-4-5-7-17(16)22(25)29)20(27)24-18(23(30)31-3)12-14-8-10-15(26)11-9-14/h4-11,13,18-19,26H,12H2,1-3H3,(H,24,27). The number of imide groups is 1.